The topological polar surface area (TPSA) is 119 Å². The Labute approximate surface area is 172 Å². The van der Waals surface area contributed by atoms with Crippen LogP contribution in [0.3, 0.4) is 0 Å². The number of hydrogen-bond acceptors (Lipinski definition) is 7. The second kappa shape index (κ2) is 10.1. The Morgan fingerprint density at radius 3 is 2.55 bits per heavy atom. The average Bonchev–Trinajstić information content (AvgIpc) is 2.66. The molecule has 0 bridgehead atoms. The summed E-state index contributed by atoms with van der Waals surface area (Å²) < 4.78 is 5.99. The van der Waals surface area contributed by atoms with Crippen molar-refractivity contribution in [1.82, 2.24) is 20.2 Å². The number of para-hydroxylation sites is 1. The van der Waals surface area contributed by atoms with E-state index in [9.17, 15) is 19.2 Å². The van der Waals surface area contributed by atoms with E-state index in [1.807, 2.05) is 0 Å². The van der Waals surface area contributed by atoms with Crippen LogP contribution < -0.4 is 16.2 Å². The van der Waals surface area contributed by atoms with Gasteiger partial charge in [-0.3, -0.25) is 24.3 Å². The number of urea groups is 1. The molecule has 0 saturated heterocycles. The summed E-state index contributed by atoms with van der Waals surface area (Å²) in [6.45, 7) is 5.23. The maximum absolute atomic E-state index is 12.9. The Kier molecular flexibility index (Phi) is 7.77. The van der Waals surface area contributed by atoms with E-state index < -0.39 is 23.2 Å². The molecule has 1 heterocycles. The zero-order chi connectivity index (χ0) is 21.6. The van der Waals surface area contributed by atoms with Crippen molar-refractivity contribution in [1.29, 1.82) is 0 Å². The van der Waals surface area contributed by atoms with Gasteiger partial charge >= 0.3 is 12.0 Å². The number of thioether (sulfide) groups is 1. The molecule has 0 aliphatic carbocycles. The van der Waals surface area contributed by atoms with Crippen molar-refractivity contribution in [2.75, 3.05) is 7.11 Å². The van der Waals surface area contributed by atoms with Crippen LogP contribution in [0.25, 0.3) is 10.9 Å². The highest BCUT2D eigenvalue weighted by molar-refractivity contribution is 8.00. The van der Waals surface area contributed by atoms with Crippen LogP contribution in [0.4, 0.5) is 4.79 Å². The predicted octanol–water partition coefficient (Wildman–Crippen LogP) is 1.67. The third-order valence-electron chi connectivity index (χ3n) is 3.90. The lowest BCUT2D eigenvalue weighted by molar-refractivity contribution is -0.140. The van der Waals surface area contributed by atoms with Gasteiger partial charge in [0.25, 0.3) is 5.56 Å². The fourth-order valence-electron chi connectivity index (χ4n) is 2.46. The second-order valence-corrected chi connectivity index (χ2v) is 7.88. The van der Waals surface area contributed by atoms with Gasteiger partial charge in [-0.25, -0.2) is 9.78 Å². The Hall–Kier alpha value is -2.88. The average molecular weight is 420 g/mol. The fraction of sp³-hybridized carbons (Fsp3) is 0.421. The van der Waals surface area contributed by atoms with Gasteiger partial charge in [0.05, 0.1) is 29.7 Å². The van der Waals surface area contributed by atoms with Crippen molar-refractivity contribution < 1.29 is 19.1 Å². The smallest absolute Gasteiger partial charge is 0.321 e. The normalized spacial score (nSPS) is 11.9. The quantitative estimate of drug-likeness (QED) is 0.397. The first-order valence-corrected chi connectivity index (χ1v) is 9.95. The van der Waals surface area contributed by atoms with E-state index in [1.165, 1.54) is 11.7 Å². The van der Waals surface area contributed by atoms with Gasteiger partial charge in [-0.1, -0.05) is 23.9 Å². The molecule has 1 atom stereocenters. The summed E-state index contributed by atoms with van der Waals surface area (Å²) in [7, 11) is 1.27. The minimum Gasteiger partial charge on any atom is -0.469 e. The zero-order valence-corrected chi connectivity index (χ0v) is 17.5. The van der Waals surface area contributed by atoms with Crippen molar-refractivity contribution in [3.8, 4) is 0 Å². The highest BCUT2D eigenvalue weighted by Gasteiger charge is 2.21. The first-order chi connectivity index (χ1) is 13.7. The van der Waals surface area contributed by atoms with Crippen molar-refractivity contribution in [3.63, 3.8) is 0 Å². The lowest BCUT2D eigenvalue weighted by atomic mass is 10.2. The molecule has 0 aliphatic rings. The van der Waals surface area contributed by atoms with E-state index in [4.69, 9.17) is 0 Å². The molecular formula is C19H24N4O5S. The fourth-order valence-corrected chi connectivity index (χ4v) is 3.40. The van der Waals surface area contributed by atoms with Crippen LogP contribution in [0, 0.1) is 0 Å². The number of rotatable bonds is 7. The van der Waals surface area contributed by atoms with Gasteiger partial charge in [-0.2, -0.15) is 0 Å². The van der Waals surface area contributed by atoms with Crippen LogP contribution in [-0.4, -0.2) is 45.9 Å². The number of fused-ring (bicyclic) bond motifs is 1. The highest BCUT2D eigenvalue weighted by atomic mass is 32.2. The molecule has 10 heteroatoms. The number of benzene rings is 1. The van der Waals surface area contributed by atoms with Gasteiger partial charge in [-0.05, 0) is 32.9 Å². The number of methoxy groups -OCH3 is 1. The number of imide groups is 1. The molecule has 0 radical (unpaired) electrons. The van der Waals surface area contributed by atoms with E-state index in [-0.39, 0.29) is 29.7 Å². The molecular weight excluding hydrogens is 396 g/mol. The van der Waals surface area contributed by atoms with Crippen LogP contribution in [0.2, 0.25) is 0 Å². The van der Waals surface area contributed by atoms with Gasteiger partial charge in [0.2, 0.25) is 5.91 Å². The molecule has 2 rings (SSSR count). The van der Waals surface area contributed by atoms with Crippen molar-refractivity contribution >= 4 is 40.6 Å². The molecule has 3 amide bonds. The van der Waals surface area contributed by atoms with Crippen LogP contribution in [0.15, 0.2) is 34.2 Å². The van der Waals surface area contributed by atoms with Crippen LogP contribution in [0.1, 0.15) is 27.2 Å². The van der Waals surface area contributed by atoms with Crippen LogP contribution in [0.5, 0.6) is 0 Å². The summed E-state index contributed by atoms with van der Waals surface area (Å²) in [6.07, 6.45) is -0.0125. The number of nitrogens with zero attached hydrogens (tertiary/aromatic N) is 2. The lowest BCUT2D eigenvalue weighted by Crippen LogP contribution is -2.45. The monoisotopic (exact) mass is 420 g/mol. The zero-order valence-electron chi connectivity index (χ0n) is 16.7. The summed E-state index contributed by atoms with van der Waals surface area (Å²) in [5, 5.41) is 4.83. The van der Waals surface area contributed by atoms with Crippen LogP contribution in [-0.2, 0) is 20.9 Å². The molecule has 0 unspecified atom stereocenters. The van der Waals surface area contributed by atoms with Gasteiger partial charge in [0.1, 0.15) is 0 Å². The first-order valence-electron chi connectivity index (χ1n) is 9.07. The van der Waals surface area contributed by atoms with Crippen molar-refractivity contribution in [2.45, 2.75) is 50.2 Å². The molecule has 0 spiro atoms. The molecule has 0 fully saturated rings. The summed E-state index contributed by atoms with van der Waals surface area (Å²) in [4.78, 5) is 53.0. The molecule has 0 aliphatic heterocycles. The van der Waals surface area contributed by atoms with Crippen LogP contribution >= 0.6 is 11.8 Å². The number of aromatic nitrogens is 2. The number of ether oxygens (including phenoxy) is 1. The standard InChI is InChI=1S/C19H24N4O5S/c1-11(2)20-18(27)22-16(25)12(3)29-19-21-14-8-6-5-7-13(14)17(26)23(19)10-9-15(24)28-4/h5-8,11-12H,9-10H2,1-4H3,(H2,20,22,25,27)/t12-/m0/s1. The lowest BCUT2D eigenvalue weighted by Gasteiger charge is -2.16. The summed E-state index contributed by atoms with van der Waals surface area (Å²) in [5.41, 5.74) is 0.173. The minimum atomic E-state index is -0.703. The number of nitrogens with one attached hydrogen (secondary N) is 2. The van der Waals surface area contributed by atoms with Gasteiger partial charge in [-0.15, -0.1) is 0 Å². The summed E-state index contributed by atoms with van der Waals surface area (Å²) >= 11 is 1.04. The predicted molar refractivity (Wildman–Crippen MR) is 110 cm³/mol. The summed E-state index contributed by atoms with van der Waals surface area (Å²) in [6, 6.07) is 6.14. The Morgan fingerprint density at radius 1 is 1.21 bits per heavy atom. The van der Waals surface area contributed by atoms with E-state index in [1.54, 1.807) is 45.0 Å². The maximum Gasteiger partial charge on any atom is 0.321 e. The molecule has 156 valence electrons. The third-order valence-corrected chi connectivity index (χ3v) is 4.99. The molecule has 2 aromatic rings. The maximum atomic E-state index is 12.9. The van der Waals surface area contributed by atoms with Crippen molar-refractivity contribution in [2.24, 2.45) is 0 Å². The summed E-state index contributed by atoms with van der Waals surface area (Å²) in [5.74, 6) is -0.979. The van der Waals surface area contributed by atoms with Crippen molar-refractivity contribution in [3.05, 3.63) is 34.6 Å². The highest BCUT2D eigenvalue weighted by Crippen LogP contribution is 2.23. The molecule has 1 aromatic heterocycles. The number of hydrogen-bond donors (Lipinski definition) is 2. The number of esters is 1. The molecule has 29 heavy (non-hydrogen) atoms. The molecule has 2 N–H and O–H groups in total. The van der Waals surface area contributed by atoms with Gasteiger partial charge < -0.3 is 10.1 Å². The molecule has 9 nitrogen and oxygen atoms in total. The van der Waals surface area contributed by atoms with E-state index in [0.717, 1.165) is 11.8 Å². The third kappa shape index (κ3) is 6.05. The Balaban J connectivity index is 2.29. The Morgan fingerprint density at radius 2 is 1.90 bits per heavy atom. The van der Waals surface area contributed by atoms with Gasteiger partial charge in [0, 0.05) is 12.6 Å². The number of amides is 3. The molecule has 0 saturated carbocycles. The van der Waals surface area contributed by atoms with E-state index in [0.29, 0.717) is 10.9 Å². The van der Waals surface area contributed by atoms with Gasteiger partial charge in [0.15, 0.2) is 5.16 Å². The second-order valence-electron chi connectivity index (χ2n) is 6.57. The minimum absolute atomic E-state index is 0.0125. The number of carbonyl (C=O) groups is 3. The van der Waals surface area contributed by atoms with E-state index in [2.05, 4.69) is 20.4 Å². The Bertz CT molecular complexity index is 973. The van der Waals surface area contributed by atoms with E-state index >= 15 is 0 Å². The first kappa shape index (κ1) is 22.4. The molecule has 1 aromatic carbocycles. The SMILES string of the molecule is COC(=O)CCn1c(S[C@@H](C)C(=O)NC(=O)NC(C)C)nc2ccccc2c1=O. The number of carbonyl (C=O) groups excluding carboxylic acids is 3. The largest absolute Gasteiger partial charge is 0.469 e.